The smallest absolute Gasteiger partial charge is 0.106 e. The normalized spacial score (nSPS) is 19.9. The standard InChI is InChI=1S/C13H18N2S2/c14-13(16)11-6-1-2-7-12(11)15-9-10-5-3-4-8-17-10/h1-2,6-7,10,15H,3-5,8-9H2,(H2,14,16). The number of hydrogen-bond donors (Lipinski definition) is 2. The number of nitrogens with one attached hydrogen (secondary N) is 1. The van der Waals surface area contributed by atoms with Crippen molar-refractivity contribution >= 4 is 34.7 Å². The fourth-order valence-corrected chi connectivity index (χ4v) is 3.46. The lowest BCUT2D eigenvalue weighted by Gasteiger charge is -2.22. The van der Waals surface area contributed by atoms with Gasteiger partial charge in [-0.05, 0) is 30.7 Å². The minimum Gasteiger partial charge on any atom is -0.389 e. The van der Waals surface area contributed by atoms with Crippen LogP contribution >= 0.6 is 24.0 Å². The Kier molecular flexibility index (Phi) is 4.68. The second-order valence-corrected chi connectivity index (χ2v) is 6.13. The lowest BCUT2D eigenvalue weighted by molar-refractivity contribution is 0.677. The highest BCUT2D eigenvalue weighted by molar-refractivity contribution is 7.99. The van der Waals surface area contributed by atoms with E-state index in [-0.39, 0.29) is 0 Å². The van der Waals surface area contributed by atoms with E-state index in [2.05, 4.69) is 17.1 Å². The molecule has 0 aromatic heterocycles. The van der Waals surface area contributed by atoms with Crippen molar-refractivity contribution in [1.82, 2.24) is 0 Å². The minimum absolute atomic E-state index is 0.462. The molecule has 17 heavy (non-hydrogen) atoms. The van der Waals surface area contributed by atoms with Crippen LogP contribution in [0.4, 0.5) is 5.69 Å². The molecule has 0 saturated carbocycles. The summed E-state index contributed by atoms with van der Waals surface area (Å²) in [5.74, 6) is 1.29. The highest BCUT2D eigenvalue weighted by Gasteiger charge is 2.14. The average Bonchev–Trinajstić information content (AvgIpc) is 2.38. The molecule has 1 unspecified atom stereocenters. The SMILES string of the molecule is NC(=S)c1ccccc1NCC1CCCCS1. The number of nitrogens with two attached hydrogens (primary N) is 1. The number of hydrogen-bond acceptors (Lipinski definition) is 3. The fourth-order valence-electron chi connectivity index (χ4n) is 2.04. The van der Waals surface area contributed by atoms with Gasteiger partial charge >= 0.3 is 0 Å². The van der Waals surface area contributed by atoms with Crippen LogP contribution in [0.1, 0.15) is 24.8 Å². The molecule has 0 aliphatic carbocycles. The summed E-state index contributed by atoms with van der Waals surface area (Å²) >= 11 is 7.12. The minimum atomic E-state index is 0.462. The first-order valence-corrected chi connectivity index (χ1v) is 7.47. The van der Waals surface area contributed by atoms with Gasteiger partial charge in [0.25, 0.3) is 0 Å². The van der Waals surface area contributed by atoms with Crippen LogP contribution in [-0.2, 0) is 0 Å². The first-order chi connectivity index (χ1) is 8.27. The predicted octanol–water partition coefficient (Wildman–Crippen LogP) is 3.02. The molecule has 0 radical (unpaired) electrons. The fraction of sp³-hybridized carbons (Fsp3) is 0.462. The Labute approximate surface area is 112 Å². The van der Waals surface area contributed by atoms with Crippen LogP contribution < -0.4 is 11.1 Å². The lowest BCUT2D eigenvalue weighted by atomic mass is 10.1. The summed E-state index contributed by atoms with van der Waals surface area (Å²) in [4.78, 5) is 0.462. The van der Waals surface area contributed by atoms with Crippen LogP contribution in [0.15, 0.2) is 24.3 Å². The van der Waals surface area contributed by atoms with Crippen molar-refractivity contribution in [2.24, 2.45) is 5.73 Å². The van der Waals surface area contributed by atoms with Crippen molar-refractivity contribution < 1.29 is 0 Å². The van der Waals surface area contributed by atoms with Gasteiger partial charge in [-0.25, -0.2) is 0 Å². The summed E-state index contributed by atoms with van der Waals surface area (Å²) < 4.78 is 0. The molecular weight excluding hydrogens is 248 g/mol. The Morgan fingerprint density at radius 2 is 2.24 bits per heavy atom. The third kappa shape index (κ3) is 3.61. The molecule has 1 saturated heterocycles. The van der Waals surface area contributed by atoms with E-state index in [9.17, 15) is 0 Å². The lowest BCUT2D eigenvalue weighted by Crippen LogP contribution is -2.21. The molecule has 1 fully saturated rings. The number of rotatable bonds is 4. The van der Waals surface area contributed by atoms with Crippen LogP contribution in [0.25, 0.3) is 0 Å². The van der Waals surface area contributed by atoms with E-state index in [1.165, 1.54) is 25.0 Å². The van der Waals surface area contributed by atoms with Crippen molar-refractivity contribution in [3.8, 4) is 0 Å². The molecular formula is C13H18N2S2. The van der Waals surface area contributed by atoms with Gasteiger partial charge in [-0.3, -0.25) is 0 Å². The summed E-state index contributed by atoms with van der Waals surface area (Å²) in [6.45, 7) is 1.00. The molecule has 1 aromatic carbocycles. The largest absolute Gasteiger partial charge is 0.389 e. The molecule has 0 amide bonds. The summed E-state index contributed by atoms with van der Waals surface area (Å²) in [5.41, 5.74) is 7.72. The van der Waals surface area contributed by atoms with Crippen molar-refractivity contribution in [2.75, 3.05) is 17.6 Å². The number of anilines is 1. The molecule has 3 N–H and O–H groups in total. The topological polar surface area (TPSA) is 38.0 Å². The van der Waals surface area contributed by atoms with Gasteiger partial charge in [0.2, 0.25) is 0 Å². The van der Waals surface area contributed by atoms with Crippen LogP contribution in [0, 0.1) is 0 Å². The van der Waals surface area contributed by atoms with Gasteiger partial charge in [-0.15, -0.1) is 0 Å². The highest BCUT2D eigenvalue weighted by atomic mass is 32.2. The van der Waals surface area contributed by atoms with Crippen molar-refractivity contribution in [3.63, 3.8) is 0 Å². The number of thioether (sulfide) groups is 1. The Morgan fingerprint density at radius 3 is 2.94 bits per heavy atom. The second kappa shape index (κ2) is 6.26. The molecule has 0 bridgehead atoms. The zero-order valence-electron chi connectivity index (χ0n) is 9.82. The van der Waals surface area contributed by atoms with Gasteiger partial charge < -0.3 is 11.1 Å². The van der Waals surface area contributed by atoms with Crippen molar-refractivity contribution in [2.45, 2.75) is 24.5 Å². The number of para-hydroxylation sites is 1. The maximum absolute atomic E-state index is 5.71. The predicted molar refractivity (Wildman–Crippen MR) is 80.9 cm³/mol. The van der Waals surface area contributed by atoms with E-state index >= 15 is 0 Å². The summed E-state index contributed by atoms with van der Waals surface area (Å²) in [7, 11) is 0. The third-order valence-corrected chi connectivity index (χ3v) is 4.60. The Hall–Kier alpha value is -0.740. The maximum atomic E-state index is 5.71. The molecule has 1 aromatic rings. The Bertz CT molecular complexity index is 387. The Morgan fingerprint density at radius 1 is 1.41 bits per heavy atom. The molecule has 0 spiro atoms. The molecule has 92 valence electrons. The molecule has 1 atom stereocenters. The van der Waals surface area contributed by atoms with Gasteiger partial charge in [-0.1, -0.05) is 30.8 Å². The first-order valence-electron chi connectivity index (χ1n) is 6.01. The van der Waals surface area contributed by atoms with E-state index in [0.29, 0.717) is 4.99 Å². The zero-order chi connectivity index (χ0) is 12.1. The van der Waals surface area contributed by atoms with E-state index in [0.717, 1.165) is 23.0 Å². The van der Waals surface area contributed by atoms with E-state index < -0.39 is 0 Å². The summed E-state index contributed by atoms with van der Waals surface area (Å²) in [6.07, 6.45) is 4.04. The van der Waals surface area contributed by atoms with Crippen molar-refractivity contribution in [3.05, 3.63) is 29.8 Å². The average molecular weight is 266 g/mol. The molecule has 1 heterocycles. The molecule has 1 aliphatic heterocycles. The monoisotopic (exact) mass is 266 g/mol. The van der Waals surface area contributed by atoms with Crippen LogP contribution in [0.5, 0.6) is 0 Å². The Balaban J connectivity index is 1.96. The summed E-state index contributed by atoms with van der Waals surface area (Å²) in [6, 6.07) is 7.99. The summed E-state index contributed by atoms with van der Waals surface area (Å²) in [5, 5.41) is 4.20. The van der Waals surface area contributed by atoms with Crippen molar-refractivity contribution in [1.29, 1.82) is 0 Å². The van der Waals surface area contributed by atoms with Gasteiger partial charge in [0.15, 0.2) is 0 Å². The quantitative estimate of drug-likeness (QED) is 0.822. The molecule has 4 heteroatoms. The third-order valence-electron chi connectivity index (χ3n) is 2.99. The van der Waals surface area contributed by atoms with E-state index in [4.69, 9.17) is 18.0 Å². The second-order valence-electron chi connectivity index (χ2n) is 4.28. The van der Waals surface area contributed by atoms with Crippen LogP contribution in [0.3, 0.4) is 0 Å². The highest BCUT2D eigenvalue weighted by Crippen LogP contribution is 2.25. The molecule has 2 rings (SSSR count). The zero-order valence-corrected chi connectivity index (χ0v) is 11.4. The van der Waals surface area contributed by atoms with Gasteiger partial charge in [0.1, 0.15) is 4.99 Å². The molecule has 2 nitrogen and oxygen atoms in total. The van der Waals surface area contributed by atoms with Crippen LogP contribution in [-0.4, -0.2) is 22.5 Å². The van der Waals surface area contributed by atoms with Gasteiger partial charge in [0, 0.05) is 23.0 Å². The van der Waals surface area contributed by atoms with Gasteiger partial charge in [0.05, 0.1) is 0 Å². The molecule has 1 aliphatic rings. The van der Waals surface area contributed by atoms with Gasteiger partial charge in [-0.2, -0.15) is 11.8 Å². The number of thiocarbonyl (C=S) groups is 1. The maximum Gasteiger partial charge on any atom is 0.106 e. The van der Waals surface area contributed by atoms with Crippen LogP contribution in [0.2, 0.25) is 0 Å². The number of benzene rings is 1. The van der Waals surface area contributed by atoms with E-state index in [1.54, 1.807) is 0 Å². The first kappa shape index (κ1) is 12.7. The van der Waals surface area contributed by atoms with E-state index in [1.807, 2.05) is 24.3 Å².